The number of nitrogens with one attached hydrogen (secondary N) is 2. The summed E-state index contributed by atoms with van der Waals surface area (Å²) in [7, 11) is 0. The maximum atomic E-state index is 13.4. The number of carbonyl (C=O) groups excluding carboxylic acids is 2. The molecule has 2 aromatic rings. The fourth-order valence-electron chi connectivity index (χ4n) is 4.14. The van der Waals surface area contributed by atoms with E-state index >= 15 is 0 Å². The third kappa shape index (κ3) is 6.73. The van der Waals surface area contributed by atoms with Crippen molar-refractivity contribution >= 4 is 29.1 Å². The Morgan fingerprint density at radius 3 is 2.47 bits per heavy atom. The van der Waals surface area contributed by atoms with Gasteiger partial charge in [0.2, 0.25) is 11.8 Å². The van der Waals surface area contributed by atoms with E-state index in [2.05, 4.69) is 10.6 Å². The number of alkyl halides is 3. The van der Waals surface area contributed by atoms with Gasteiger partial charge in [-0.2, -0.15) is 13.2 Å². The van der Waals surface area contributed by atoms with Crippen LogP contribution in [0.2, 0.25) is 5.02 Å². The minimum Gasteiger partial charge on any atom is -0.356 e. The Morgan fingerprint density at radius 2 is 1.82 bits per heavy atom. The third-order valence-corrected chi connectivity index (χ3v) is 6.24. The van der Waals surface area contributed by atoms with Crippen molar-refractivity contribution in [1.29, 1.82) is 0 Å². The first-order valence-electron chi connectivity index (χ1n) is 11.3. The van der Waals surface area contributed by atoms with Crippen molar-refractivity contribution in [2.45, 2.75) is 38.9 Å². The van der Waals surface area contributed by atoms with E-state index in [4.69, 9.17) is 11.6 Å². The van der Waals surface area contributed by atoms with Crippen LogP contribution >= 0.6 is 11.6 Å². The average molecular weight is 496 g/mol. The molecule has 1 aliphatic heterocycles. The number of halogens is 4. The standard InChI is InChI=1S/C25H29ClF3N3O2/c1-16(2)23(33)30-14-17-7-6-12-32(15-17)22(18-8-4-3-5-9-18)24(34)31-19-10-11-21(26)20(13-19)25(27,28)29/h3-5,8-11,13,16-17,22H,6-7,12,14-15H2,1-2H3,(H,30,33)(H,31,34). The summed E-state index contributed by atoms with van der Waals surface area (Å²) >= 11 is 5.71. The summed E-state index contributed by atoms with van der Waals surface area (Å²) < 4.78 is 39.8. The lowest BCUT2D eigenvalue weighted by Gasteiger charge is -2.38. The lowest BCUT2D eigenvalue weighted by Crippen LogP contribution is -2.46. The monoisotopic (exact) mass is 495 g/mol. The predicted molar refractivity (Wildman–Crippen MR) is 126 cm³/mol. The van der Waals surface area contributed by atoms with Gasteiger partial charge in [0.1, 0.15) is 6.04 Å². The number of hydrogen-bond acceptors (Lipinski definition) is 3. The van der Waals surface area contributed by atoms with Crippen molar-refractivity contribution in [2.24, 2.45) is 11.8 Å². The minimum absolute atomic E-state index is 0.0160. The van der Waals surface area contributed by atoms with E-state index in [1.807, 2.05) is 49.1 Å². The molecule has 2 atom stereocenters. The van der Waals surface area contributed by atoms with Gasteiger partial charge in [0, 0.05) is 24.7 Å². The highest BCUT2D eigenvalue weighted by Crippen LogP contribution is 2.36. The SMILES string of the molecule is CC(C)C(=O)NCC1CCCN(C(C(=O)Nc2ccc(Cl)c(C(F)(F)F)c2)c2ccccc2)C1. The quantitative estimate of drug-likeness (QED) is 0.531. The van der Waals surface area contributed by atoms with Crippen LogP contribution in [-0.4, -0.2) is 36.3 Å². The van der Waals surface area contributed by atoms with Crippen molar-refractivity contribution in [3.63, 3.8) is 0 Å². The van der Waals surface area contributed by atoms with E-state index in [9.17, 15) is 22.8 Å². The van der Waals surface area contributed by atoms with Crippen molar-refractivity contribution in [3.8, 4) is 0 Å². The summed E-state index contributed by atoms with van der Waals surface area (Å²) in [4.78, 5) is 27.4. The summed E-state index contributed by atoms with van der Waals surface area (Å²) in [5, 5.41) is 5.19. The molecule has 9 heteroatoms. The van der Waals surface area contributed by atoms with Crippen LogP contribution in [0.1, 0.15) is 43.9 Å². The Bertz CT molecular complexity index is 999. The van der Waals surface area contributed by atoms with Gasteiger partial charge >= 0.3 is 6.18 Å². The number of amides is 2. The molecule has 1 heterocycles. The van der Waals surface area contributed by atoms with Crippen LogP contribution in [0.5, 0.6) is 0 Å². The summed E-state index contributed by atoms with van der Waals surface area (Å²) in [6.07, 6.45) is -2.86. The highest BCUT2D eigenvalue weighted by molar-refractivity contribution is 6.31. The Balaban J connectivity index is 1.80. The van der Waals surface area contributed by atoms with Gasteiger partial charge in [0.25, 0.3) is 0 Å². The number of likely N-dealkylation sites (tertiary alicyclic amines) is 1. The second kappa shape index (κ2) is 11.2. The van der Waals surface area contributed by atoms with Crippen LogP contribution in [0.4, 0.5) is 18.9 Å². The smallest absolute Gasteiger partial charge is 0.356 e. The lowest BCUT2D eigenvalue weighted by molar-refractivity contribution is -0.137. The molecule has 0 radical (unpaired) electrons. The van der Waals surface area contributed by atoms with Crippen molar-refractivity contribution < 1.29 is 22.8 Å². The summed E-state index contributed by atoms with van der Waals surface area (Å²) in [6, 6.07) is 11.8. The van der Waals surface area contributed by atoms with E-state index in [0.717, 1.165) is 30.5 Å². The molecule has 1 fully saturated rings. The number of anilines is 1. The highest BCUT2D eigenvalue weighted by Gasteiger charge is 2.35. The maximum Gasteiger partial charge on any atom is 0.417 e. The molecule has 34 heavy (non-hydrogen) atoms. The molecule has 2 N–H and O–H groups in total. The van der Waals surface area contributed by atoms with Gasteiger partial charge in [0.15, 0.2) is 0 Å². The molecule has 184 valence electrons. The molecule has 5 nitrogen and oxygen atoms in total. The third-order valence-electron chi connectivity index (χ3n) is 5.91. The first-order chi connectivity index (χ1) is 16.1. The second-order valence-electron chi connectivity index (χ2n) is 8.90. The van der Waals surface area contributed by atoms with Gasteiger partial charge < -0.3 is 10.6 Å². The van der Waals surface area contributed by atoms with E-state index in [0.29, 0.717) is 19.6 Å². The Kier molecular flexibility index (Phi) is 8.60. The van der Waals surface area contributed by atoms with Gasteiger partial charge in [-0.05, 0) is 49.1 Å². The zero-order valence-electron chi connectivity index (χ0n) is 19.2. The predicted octanol–water partition coefficient (Wildman–Crippen LogP) is 5.52. The molecule has 1 aliphatic rings. The van der Waals surface area contributed by atoms with Gasteiger partial charge in [0.05, 0.1) is 10.6 Å². The van der Waals surface area contributed by atoms with E-state index < -0.39 is 28.7 Å². The zero-order valence-corrected chi connectivity index (χ0v) is 19.9. The Hall–Kier alpha value is -2.58. The molecule has 0 aromatic heterocycles. The highest BCUT2D eigenvalue weighted by atomic mass is 35.5. The van der Waals surface area contributed by atoms with Crippen LogP contribution < -0.4 is 10.6 Å². The van der Waals surface area contributed by atoms with Gasteiger partial charge in [-0.25, -0.2) is 0 Å². The van der Waals surface area contributed by atoms with Crippen LogP contribution in [0.15, 0.2) is 48.5 Å². The van der Waals surface area contributed by atoms with Gasteiger partial charge in [-0.1, -0.05) is 55.8 Å². The van der Waals surface area contributed by atoms with Crippen LogP contribution in [0, 0.1) is 11.8 Å². The first-order valence-corrected chi connectivity index (χ1v) is 11.7. The summed E-state index contributed by atoms with van der Waals surface area (Å²) in [5.41, 5.74) is -0.223. The molecule has 0 spiro atoms. The van der Waals surface area contributed by atoms with Gasteiger partial charge in [-0.15, -0.1) is 0 Å². The molecule has 2 amide bonds. The minimum atomic E-state index is -4.63. The molecule has 0 aliphatic carbocycles. The van der Waals surface area contributed by atoms with E-state index in [-0.39, 0.29) is 23.4 Å². The number of rotatable bonds is 7. The van der Waals surface area contributed by atoms with E-state index in [1.54, 1.807) is 0 Å². The zero-order chi connectivity index (χ0) is 24.9. The molecule has 2 unspecified atom stereocenters. The number of nitrogens with zero attached hydrogens (tertiary/aromatic N) is 1. The molecule has 2 aromatic carbocycles. The van der Waals surface area contributed by atoms with Crippen molar-refractivity contribution in [1.82, 2.24) is 10.2 Å². The number of piperidine rings is 1. The van der Waals surface area contributed by atoms with Crippen LogP contribution in [-0.2, 0) is 15.8 Å². The number of carbonyl (C=O) groups is 2. The largest absolute Gasteiger partial charge is 0.417 e. The normalized spacial score (nSPS) is 17.9. The van der Waals surface area contributed by atoms with Gasteiger partial charge in [-0.3, -0.25) is 14.5 Å². The molecular formula is C25H29ClF3N3O2. The first kappa shape index (κ1) is 26.0. The molecule has 1 saturated heterocycles. The Labute approximate surface area is 202 Å². The lowest BCUT2D eigenvalue weighted by atomic mass is 9.94. The average Bonchev–Trinajstić information content (AvgIpc) is 2.79. The van der Waals surface area contributed by atoms with Crippen LogP contribution in [0.25, 0.3) is 0 Å². The molecule has 0 bridgehead atoms. The molecular weight excluding hydrogens is 467 g/mol. The molecule has 0 saturated carbocycles. The fraction of sp³-hybridized carbons (Fsp3) is 0.440. The summed E-state index contributed by atoms with van der Waals surface area (Å²) in [5.74, 6) is -0.377. The second-order valence-corrected chi connectivity index (χ2v) is 9.31. The number of hydrogen-bond donors (Lipinski definition) is 2. The molecule has 3 rings (SSSR count). The van der Waals surface area contributed by atoms with E-state index in [1.165, 1.54) is 6.07 Å². The van der Waals surface area contributed by atoms with Crippen molar-refractivity contribution in [2.75, 3.05) is 25.0 Å². The fourth-order valence-corrected chi connectivity index (χ4v) is 4.37. The Morgan fingerprint density at radius 1 is 1.12 bits per heavy atom. The topological polar surface area (TPSA) is 61.4 Å². The number of benzene rings is 2. The van der Waals surface area contributed by atoms with Crippen molar-refractivity contribution in [3.05, 3.63) is 64.7 Å². The summed E-state index contributed by atoms with van der Waals surface area (Å²) in [6.45, 7) is 5.43. The maximum absolute atomic E-state index is 13.4. The van der Waals surface area contributed by atoms with Crippen LogP contribution in [0.3, 0.4) is 0 Å².